The summed E-state index contributed by atoms with van der Waals surface area (Å²) in [6.07, 6.45) is 3.73. The number of anilines is 1. The van der Waals surface area contributed by atoms with Crippen molar-refractivity contribution in [1.82, 2.24) is 24.5 Å². The van der Waals surface area contributed by atoms with Gasteiger partial charge < -0.3 is 10.1 Å². The molecule has 1 aliphatic rings. The number of rotatable bonds is 5. The molecule has 0 aromatic carbocycles. The van der Waals surface area contributed by atoms with E-state index in [-0.39, 0.29) is 12.0 Å². The van der Waals surface area contributed by atoms with Crippen molar-refractivity contribution in [3.8, 4) is 0 Å². The van der Waals surface area contributed by atoms with Crippen LogP contribution in [0.25, 0.3) is 0 Å². The molecule has 1 aliphatic heterocycles. The largest absolute Gasteiger partial charge is 0.374 e. The molecular formula is C16H24N6O2. The summed E-state index contributed by atoms with van der Waals surface area (Å²) in [4.78, 5) is 14.5. The molecular weight excluding hydrogens is 308 g/mol. The van der Waals surface area contributed by atoms with E-state index in [9.17, 15) is 4.79 Å². The van der Waals surface area contributed by atoms with Gasteiger partial charge in [-0.25, -0.2) is 0 Å². The van der Waals surface area contributed by atoms with E-state index in [2.05, 4.69) is 20.4 Å². The highest BCUT2D eigenvalue weighted by atomic mass is 16.5. The Kier molecular flexibility index (Phi) is 4.96. The topological polar surface area (TPSA) is 77.2 Å². The van der Waals surface area contributed by atoms with Gasteiger partial charge >= 0.3 is 0 Å². The van der Waals surface area contributed by atoms with Crippen LogP contribution in [0.15, 0.2) is 18.5 Å². The van der Waals surface area contributed by atoms with Crippen LogP contribution in [0, 0.1) is 13.8 Å². The average Bonchev–Trinajstić information content (AvgIpc) is 3.12. The fourth-order valence-electron chi connectivity index (χ4n) is 2.99. The van der Waals surface area contributed by atoms with Crippen LogP contribution in [0.1, 0.15) is 11.4 Å². The monoisotopic (exact) mass is 332 g/mol. The molecule has 0 unspecified atom stereocenters. The summed E-state index contributed by atoms with van der Waals surface area (Å²) in [5.74, 6) is -0.0195. The molecule has 8 nitrogen and oxygen atoms in total. The van der Waals surface area contributed by atoms with Gasteiger partial charge in [0.15, 0.2) is 0 Å². The molecule has 24 heavy (non-hydrogen) atoms. The van der Waals surface area contributed by atoms with Crippen molar-refractivity contribution < 1.29 is 9.53 Å². The molecule has 3 heterocycles. The third kappa shape index (κ3) is 3.82. The predicted molar refractivity (Wildman–Crippen MR) is 89.7 cm³/mol. The Balaban J connectivity index is 1.54. The lowest BCUT2D eigenvalue weighted by Gasteiger charge is -2.32. The van der Waals surface area contributed by atoms with Gasteiger partial charge in [0.05, 0.1) is 42.9 Å². The molecule has 0 bridgehead atoms. The van der Waals surface area contributed by atoms with Crippen LogP contribution in [0.5, 0.6) is 0 Å². The number of nitrogens with zero attached hydrogens (tertiary/aromatic N) is 5. The summed E-state index contributed by atoms with van der Waals surface area (Å²) in [5.41, 5.74) is 2.60. The van der Waals surface area contributed by atoms with Crippen molar-refractivity contribution in [3.63, 3.8) is 0 Å². The highest BCUT2D eigenvalue weighted by molar-refractivity contribution is 5.93. The minimum absolute atomic E-state index is 0.0195. The van der Waals surface area contributed by atoms with Crippen molar-refractivity contribution in [2.24, 2.45) is 7.05 Å². The first-order chi connectivity index (χ1) is 11.5. The van der Waals surface area contributed by atoms with Crippen molar-refractivity contribution >= 4 is 11.6 Å². The van der Waals surface area contributed by atoms with Gasteiger partial charge in [0, 0.05) is 32.5 Å². The molecule has 1 N–H and O–H groups in total. The van der Waals surface area contributed by atoms with Gasteiger partial charge in [0.1, 0.15) is 0 Å². The van der Waals surface area contributed by atoms with Gasteiger partial charge in [-0.05, 0) is 19.9 Å². The highest BCUT2D eigenvalue weighted by Gasteiger charge is 2.23. The second-order valence-electron chi connectivity index (χ2n) is 6.17. The lowest BCUT2D eigenvalue weighted by atomic mass is 10.2. The Bertz CT molecular complexity index is 694. The Hall–Kier alpha value is -2.19. The van der Waals surface area contributed by atoms with E-state index in [1.54, 1.807) is 10.9 Å². The molecule has 0 saturated carbocycles. The van der Waals surface area contributed by atoms with E-state index < -0.39 is 0 Å². The second-order valence-corrected chi connectivity index (χ2v) is 6.17. The zero-order valence-corrected chi connectivity index (χ0v) is 14.4. The van der Waals surface area contributed by atoms with Crippen LogP contribution >= 0.6 is 0 Å². The molecule has 2 aromatic heterocycles. The molecule has 1 saturated heterocycles. The fraction of sp³-hybridized carbons (Fsp3) is 0.562. The number of carbonyl (C=O) groups is 1. The third-order valence-electron chi connectivity index (χ3n) is 4.31. The smallest absolute Gasteiger partial charge is 0.238 e. The molecule has 2 aromatic rings. The summed E-state index contributed by atoms with van der Waals surface area (Å²) in [6, 6.07) is 1.90. The standard InChI is InChI=1S/C16H24N6O2/c1-12-16(13(2)20(3)19-12)18-15(23)11-21-7-8-24-14(9-21)10-22-6-4-5-17-22/h4-6,14H,7-11H2,1-3H3,(H,18,23)/t14-/m1/s1. The quantitative estimate of drug-likeness (QED) is 0.866. The molecule has 1 atom stereocenters. The molecule has 3 rings (SSSR count). The number of carbonyl (C=O) groups excluding carboxylic acids is 1. The number of hydrogen-bond acceptors (Lipinski definition) is 5. The summed E-state index contributed by atoms with van der Waals surface area (Å²) in [7, 11) is 1.87. The van der Waals surface area contributed by atoms with Gasteiger partial charge in [0.25, 0.3) is 0 Å². The number of nitrogens with one attached hydrogen (secondary N) is 1. The van der Waals surface area contributed by atoms with Crippen LogP contribution in [0.4, 0.5) is 5.69 Å². The number of aryl methyl sites for hydroxylation is 2. The minimum atomic E-state index is -0.0195. The van der Waals surface area contributed by atoms with E-state index >= 15 is 0 Å². The van der Waals surface area contributed by atoms with Crippen LogP contribution in [-0.4, -0.2) is 62.7 Å². The predicted octanol–water partition coefficient (Wildman–Crippen LogP) is 0.573. The normalized spacial score (nSPS) is 18.7. The maximum Gasteiger partial charge on any atom is 0.238 e. The second kappa shape index (κ2) is 7.14. The SMILES string of the molecule is Cc1nn(C)c(C)c1NC(=O)CN1CCO[C@@H](Cn2cccn2)C1. The minimum Gasteiger partial charge on any atom is -0.374 e. The number of ether oxygens (including phenoxy) is 1. The van der Waals surface area contributed by atoms with Crippen LogP contribution < -0.4 is 5.32 Å². The van der Waals surface area contributed by atoms with E-state index in [0.717, 1.165) is 30.2 Å². The van der Waals surface area contributed by atoms with Crippen LogP contribution in [0.3, 0.4) is 0 Å². The first-order valence-corrected chi connectivity index (χ1v) is 8.14. The first-order valence-electron chi connectivity index (χ1n) is 8.14. The van der Waals surface area contributed by atoms with Crippen LogP contribution in [0.2, 0.25) is 0 Å². The third-order valence-corrected chi connectivity index (χ3v) is 4.31. The molecule has 1 amide bonds. The zero-order valence-electron chi connectivity index (χ0n) is 14.4. The molecule has 8 heteroatoms. The molecule has 130 valence electrons. The highest BCUT2D eigenvalue weighted by Crippen LogP contribution is 2.18. The van der Waals surface area contributed by atoms with Gasteiger partial charge in [-0.3, -0.25) is 19.1 Å². The van der Waals surface area contributed by atoms with E-state index in [1.165, 1.54) is 0 Å². The Morgan fingerprint density at radius 1 is 1.46 bits per heavy atom. The number of amides is 1. The lowest BCUT2D eigenvalue weighted by molar-refractivity contribution is -0.119. The Morgan fingerprint density at radius 3 is 2.96 bits per heavy atom. The molecule has 0 radical (unpaired) electrons. The van der Waals surface area contributed by atoms with Crippen LogP contribution in [-0.2, 0) is 23.1 Å². The van der Waals surface area contributed by atoms with Gasteiger partial charge in [-0.1, -0.05) is 0 Å². The first kappa shape index (κ1) is 16.7. The van der Waals surface area contributed by atoms with Crippen molar-refractivity contribution in [2.45, 2.75) is 26.5 Å². The maximum atomic E-state index is 12.4. The molecule has 0 aliphatic carbocycles. The molecule has 0 spiro atoms. The fourth-order valence-corrected chi connectivity index (χ4v) is 2.99. The number of aromatic nitrogens is 4. The molecule has 1 fully saturated rings. The Labute approximate surface area is 141 Å². The van der Waals surface area contributed by atoms with Gasteiger partial charge in [-0.15, -0.1) is 0 Å². The maximum absolute atomic E-state index is 12.4. The summed E-state index contributed by atoms with van der Waals surface area (Å²) >= 11 is 0. The van der Waals surface area contributed by atoms with E-state index in [0.29, 0.717) is 19.7 Å². The van der Waals surface area contributed by atoms with Crippen molar-refractivity contribution in [1.29, 1.82) is 0 Å². The summed E-state index contributed by atoms with van der Waals surface area (Å²) < 4.78 is 9.41. The van der Waals surface area contributed by atoms with E-state index in [4.69, 9.17) is 4.74 Å². The van der Waals surface area contributed by atoms with Gasteiger partial charge in [-0.2, -0.15) is 10.2 Å². The zero-order chi connectivity index (χ0) is 17.1. The summed E-state index contributed by atoms with van der Waals surface area (Å²) in [6.45, 7) is 7.01. The lowest BCUT2D eigenvalue weighted by Crippen LogP contribution is -2.47. The Morgan fingerprint density at radius 2 is 2.29 bits per heavy atom. The van der Waals surface area contributed by atoms with Gasteiger partial charge in [0.2, 0.25) is 5.91 Å². The average molecular weight is 332 g/mol. The van der Waals surface area contributed by atoms with Crippen molar-refractivity contribution in [3.05, 3.63) is 29.8 Å². The summed E-state index contributed by atoms with van der Waals surface area (Å²) in [5, 5.41) is 11.5. The van der Waals surface area contributed by atoms with Crippen molar-refractivity contribution in [2.75, 3.05) is 31.6 Å². The van der Waals surface area contributed by atoms with E-state index in [1.807, 2.05) is 37.8 Å². The number of hydrogen-bond donors (Lipinski definition) is 1. The number of morpholine rings is 1.